The summed E-state index contributed by atoms with van der Waals surface area (Å²) in [5.41, 5.74) is 0. The van der Waals surface area contributed by atoms with Crippen molar-refractivity contribution < 1.29 is 18.6 Å². The summed E-state index contributed by atoms with van der Waals surface area (Å²) in [6.45, 7) is 0. The van der Waals surface area contributed by atoms with Gasteiger partial charge in [0.15, 0.2) is 0 Å². The van der Waals surface area contributed by atoms with Crippen molar-refractivity contribution in [2.75, 3.05) is 0 Å². The fourth-order valence-electron chi connectivity index (χ4n) is 0.252. The van der Waals surface area contributed by atoms with Gasteiger partial charge in [-0.15, -0.1) is 12.4 Å². The van der Waals surface area contributed by atoms with Crippen LogP contribution in [0, 0.1) is 6.20 Å². The van der Waals surface area contributed by atoms with Gasteiger partial charge in [-0.1, -0.05) is 15.9 Å². The summed E-state index contributed by atoms with van der Waals surface area (Å²) >= 11 is 3.08. The zero-order valence-electron chi connectivity index (χ0n) is 3.87. The van der Waals surface area contributed by atoms with E-state index in [9.17, 15) is 0 Å². The molecule has 41 valence electrons. The minimum Gasteiger partial charge on any atom is -0.455 e. The fraction of sp³-hybridized carbons (Fsp3) is 0. The summed E-state index contributed by atoms with van der Waals surface area (Å²) in [7, 11) is 0. The third-order valence-corrected chi connectivity index (χ3v) is 0.868. The molecule has 0 aliphatic rings. The van der Waals surface area contributed by atoms with Gasteiger partial charge in [0, 0.05) is 23.2 Å². The molecule has 1 aromatic heterocycles. The minimum absolute atomic E-state index is 0. The van der Waals surface area contributed by atoms with Gasteiger partial charge in [0.25, 0.3) is 0 Å². The summed E-state index contributed by atoms with van der Waals surface area (Å²) in [4.78, 5) is 7.43. The van der Waals surface area contributed by atoms with Gasteiger partial charge in [0.05, 0.1) is 0 Å². The van der Waals surface area contributed by atoms with Gasteiger partial charge < -0.3 is 4.98 Å². The number of rotatable bonds is 0. The van der Waals surface area contributed by atoms with Crippen molar-refractivity contribution in [1.29, 1.82) is 0 Å². The van der Waals surface area contributed by atoms with E-state index in [2.05, 4.69) is 32.1 Å². The average molecular weight is 209 g/mol. The van der Waals surface area contributed by atoms with Crippen LogP contribution in [-0.4, -0.2) is 9.97 Å². The van der Waals surface area contributed by atoms with Crippen LogP contribution in [0.5, 0.6) is 0 Å². The van der Waals surface area contributed by atoms with Crippen LogP contribution in [0.4, 0.5) is 0 Å². The Labute approximate surface area is 67.7 Å². The van der Waals surface area contributed by atoms with Crippen molar-refractivity contribution >= 4 is 15.9 Å². The van der Waals surface area contributed by atoms with E-state index in [0.717, 1.165) is 0 Å². The first-order valence-electron chi connectivity index (χ1n) is 1.74. The van der Waals surface area contributed by atoms with E-state index in [-0.39, 0.29) is 18.6 Å². The smallest absolute Gasteiger partial charge is 0.0325 e. The van der Waals surface area contributed by atoms with Crippen LogP contribution >= 0.6 is 15.9 Å². The second-order valence-electron chi connectivity index (χ2n) is 0.959. The molecule has 0 saturated heterocycles. The molecule has 1 rings (SSSR count). The standard InChI is InChI=1S/C4H2BrN2.V/c5-4-3-6-1-2-7-4;/h1-2H;/q-1;. The molecule has 0 unspecified atom stereocenters. The van der Waals surface area contributed by atoms with Crippen LogP contribution in [0.1, 0.15) is 0 Å². The van der Waals surface area contributed by atoms with E-state index in [1.54, 1.807) is 12.4 Å². The monoisotopic (exact) mass is 208 g/mol. The first-order chi connectivity index (χ1) is 3.39. The topological polar surface area (TPSA) is 25.8 Å². The predicted molar refractivity (Wildman–Crippen MR) is 28.6 cm³/mol. The van der Waals surface area contributed by atoms with Crippen LogP contribution in [-0.2, 0) is 18.6 Å². The molecule has 0 amide bonds. The van der Waals surface area contributed by atoms with Crippen LogP contribution in [0.2, 0.25) is 0 Å². The van der Waals surface area contributed by atoms with Crippen LogP contribution < -0.4 is 0 Å². The van der Waals surface area contributed by atoms with Crippen molar-refractivity contribution in [3.8, 4) is 0 Å². The summed E-state index contributed by atoms with van der Waals surface area (Å²) in [5.74, 6) is 0. The van der Waals surface area contributed by atoms with Gasteiger partial charge in [-0.2, -0.15) is 0 Å². The Balaban J connectivity index is 0.000000490. The quantitative estimate of drug-likeness (QED) is 0.596. The zero-order chi connectivity index (χ0) is 5.11. The van der Waals surface area contributed by atoms with E-state index in [4.69, 9.17) is 0 Å². The van der Waals surface area contributed by atoms with Gasteiger partial charge in [-0.25, -0.2) is 0 Å². The molecule has 0 atom stereocenters. The Morgan fingerprint density at radius 2 is 2.25 bits per heavy atom. The first kappa shape index (κ1) is 8.14. The molecule has 2 nitrogen and oxygen atoms in total. The molecule has 0 aliphatic heterocycles. The van der Waals surface area contributed by atoms with Crippen LogP contribution in [0.3, 0.4) is 0 Å². The number of hydrogen-bond donors (Lipinski definition) is 0. The molecule has 1 aromatic rings. The molecule has 1 heterocycles. The number of aromatic nitrogens is 2. The Morgan fingerprint density at radius 1 is 1.50 bits per heavy atom. The zero-order valence-corrected chi connectivity index (χ0v) is 6.86. The second kappa shape index (κ2) is 4.07. The largest absolute Gasteiger partial charge is 0.455 e. The maximum absolute atomic E-state index is 3.78. The van der Waals surface area contributed by atoms with E-state index >= 15 is 0 Å². The average Bonchev–Trinajstić information content (AvgIpc) is 1.69. The van der Waals surface area contributed by atoms with Crippen LogP contribution in [0.25, 0.3) is 0 Å². The third-order valence-electron chi connectivity index (χ3n) is 0.486. The first-order valence-corrected chi connectivity index (χ1v) is 2.53. The predicted octanol–water partition coefficient (Wildman–Crippen LogP) is 1.04. The van der Waals surface area contributed by atoms with Gasteiger partial charge in [-0.05, 0) is 6.20 Å². The maximum Gasteiger partial charge on any atom is 0.0325 e. The third kappa shape index (κ3) is 2.45. The van der Waals surface area contributed by atoms with Crippen molar-refractivity contribution in [2.45, 2.75) is 0 Å². The second-order valence-corrected chi connectivity index (χ2v) is 1.71. The molecule has 4 heteroatoms. The van der Waals surface area contributed by atoms with E-state index in [1.165, 1.54) is 0 Å². The van der Waals surface area contributed by atoms with Crippen LogP contribution in [0.15, 0.2) is 17.0 Å². The number of nitrogens with zero attached hydrogens (tertiary/aromatic N) is 2. The maximum atomic E-state index is 3.78. The SMILES string of the molecule is Brc1[c-]nccn1.[V]. The van der Waals surface area contributed by atoms with Crippen molar-refractivity contribution in [3.05, 3.63) is 23.2 Å². The Morgan fingerprint density at radius 3 is 2.50 bits per heavy atom. The normalized spacial score (nSPS) is 7.62. The number of hydrogen-bond acceptors (Lipinski definition) is 2. The van der Waals surface area contributed by atoms with E-state index < -0.39 is 0 Å². The van der Waals surface area contributed by atoms with Gasteiger partial charge in [0.2, 0.25) is 0 Å². The minimum atomic E-state index is 0. The molecule has 0 N–H and O–H groups in total. The van der Waals surface area contributed by atoms with E-state index in [0.29, 0.717) is 4.60 Å². The number of halogens is 1. The van der Waals surface area contributed by atoms with E-state index in [1.807, 2.05) is 0 Å². The Hall–Kier alpha value is 0.144. The molecular weight excluding hydrogens is 207 g/mol. The molecule has 1 radical (unpaired) electrons. The van der Waals surface area contributed by atoms with Crippen molar-refractivity contribution in [3.63, 3.8) is 0 Å². The molecule has 0 spiro atoms. The summed E-state index contributed by atoms with van der Waals surface area (Å²) in [6, 6.07) is 0. The molecule has 0 aliphatic carbocycles. The van der Waals surface area contributed by atoms with Gasteiger partial charge in [-0.3, -0.25) is 4.98 Å². The van der Waals surface area contributed by atoms with Gasteiger partial charge in [0.1, 0.15) is 0 Å². The molecule has 0 fully saturated rings. The molecule has 8 heavy (non-hydrogen) atoms. The summed E-state index contributed by atoms with van der Waals surface area (Å²) in [5, 5.41) is 0. The molecule has 0 saturated carbocycles. The van der Waals surface area contributed by atoms with Gasteiger partial charge >= 0.3 is 0 Å². The Bertz CT molecular complexity index is 144. The molecular formula is C4H2BrN2V-. The van der Waals surface area contributed by atoms with Crippen molar-refractivity contribution in [2.24, 2.45) is 0 Å². The summed E-state index contributed by atoms with van der Waals surface area (Å²) < 4.78 is 0.648. The Kier molecular flexibility index (Phi) is 4.14. The molecule has 0 aromatic carbocycles. The molecule has 0 bridgehead atoms. The summed E-state index contributed by atoms with van der Waals surface area (Å²) in [6.07, 6.45) is 5.76. The van der Waals surface area contributed by atoms with Crippen molar-refractivity contribution in [1.82, 2.24) is 9.97 Å². The fourth-order valence-corrected chi connectivity index (χ4v) is 0.472.